The van der Waals surface area contributed by atoms with Gasteiger partial charge < -0.3 is 4.74 Å². The Hall–Kier alpha value is 0.200. The molecule has 0 atom stereocenters. The quantitative estimate of drug-likeness (QED) is 0.602. The standard InChI is InChI=1S/C14H27ClO3S/c1-3-9-14(10-4-2,12-19(15,16)17)11-18-13-7-5-6-8-13/h13H,3-12H2,1-2H3. The molecule has 0 saturated heterocycles. The van der Waals surface area contributed by atoms with Gasteiger partial charge in [-0.05, 0) is 25.7 Å². The topological polar surface area (TPSA) is 43.4 Å². The maximum Gasteiger partial charge on any atom is 0.233 e. The Bertz CT molecular complexity index is 342. The van der Waals surface area contributed by atoms with Crippen LogP contribution >= 0.6 is 10.7 Å². The van der Waals surface area contributed by atoms with Crippen molar-refractivity contribution in [1.29, 1.82) is 0 Å². The largest absolute Gasteiger partial charge is 0.378 e. The fraction of sp³-hybridized carbons (Fsp3) is 1.00. The van der Waals surface area contributed by atoms with Crippen molar-refractivity contribution in [2.24, 2.45) is 5.41 Å². The lowest BCUT2D eigenvalue weighted by Crippen LogP contribution is -2.35. The van der Waals surface area contributed by atoms with E-state index in [0.717, 1.165) is 38.5 Å². The van der Waals surface area contributed by atoms with Crippen LogP contribution in [0.1, 0.15) is 65.2 Å². The summed E-state index contributed by atoms with van der Waals surface area (Å²) in [5, 5.41) is 0. The summed E-state index contributed by atoms with van der Waals surface area (Å²) in [6.45, 7) is 4.70. The summed E-state index contributed by atoms with van der Waals surface area (Å²) in [5.74, 6) is 0.0377. The van der Waals surface area contributed by atoms with Crippen LogP contribution in [-0.2, 0) is 13.8 Å². The molecule has 5 heteroatoms. The lowest BCUT2D eigenvalue weighted by molar-refractivity contribution is -0.00562. The van der Waals surface area contributed by atoms with Crippen LogP contribution in [0.5, 0.6) is 0 Å². The second-order valence-electron chi connectivity index (χ2n) is 5.90. The van der Waals surface area contributed by atoms with E-state index in [2.05, 4.69) is 13.8 Å². The Labute approximate surface area is 122 Å². The van der Waals surface area contributed by atoms with Gasteiger partial charge >= 0.3 is 0 Å². The summed E-state index contributed by atoms with van der Waals surface area (Å²) in [4.78, 5) is 0. The molecule has 1 rings (SSSR count). The van der Waals surface area contributed by atoms with Crippen LogP contribution < -0.4 is 0 Å². The summed E-state index contributed by atoms with van der Waals surface area (Å²) in [5.41, 5.74) is -0.299. The SMILES string of the molecule is CCCC(CCC)(COC1CCCC1)CS(=O)(=O)Cl. The first-order valence-electron chi connectivity index (χ1n) is 7.45. The first-order valence-corrected chi connectivity index (χ1v) is 9.92. The summed E-state index contributed by atoms with van der Waals surface area (Å²) in [6.07, 6.45) is 8.65. The Morgan fingerprint density at radius 1 is 1.16 bits per heavy atom. The van der Waals surface area contributed by atoms with Crippen LogP contribution in [0.25, 0.3) is 0 Å². The average Bonchev–Trinajstić information content (AvgIpc) is 2.77. The van der Waals surface area contributed by atoms with E-state index in [0.29, 0.717) is 12.7 Å². The third-order valence-electron chi connectivity index (χ3n) is 3.97. The zero-order chi connectivity index (χ0) is 14.4. The van der Waals surface area contributed by atoms with Gasteiger partial charge in [-0.3, -0.25) is 0 Å². The second kappa shape index (κ2) is 7.84. The Morgan fingerprint density at radius 2 is 1.68 bits per heavy atom. The second-order valence-corrected chi connectivity index (χ2v) is 8.68. The molecule has 0 heterocycles. The molecule has 0 aliphatic heterocycles. The fourth-order valence-corrected chi connectivity index (χ4v) is 5.03. The molecule has 1 aliphatic rings. The molecule has 0 amide bonds. The molecular formula is C14H27ClO3S. The molecule has 0 aromatic rings. The van der Waals surface area contributed by atoms with Gasteiger partial charge in [0.2, 0.25) is 9.05 Å². The highest BCUT2D eigenvalue weighted by Crippen LogP contribution is 2.35. The van der Waals surface area contributed by atoms with Crippen LogP contribution in [0.15, 0.2) is 0 Å². The molecular weight excluding hydrogens is 284 g/mol. The highest BCUT2D eigenvalue weighted by molar-refractivity contribution is 8.13. The van der Waals surface area contributed by atoms with E-state index in [9.17, 15) is 8.42 Å². The van der Waals surface area contributed by atoms with Crippen molar-refractivity contribution >= 4 is 19.7 Å². The van der Waals surface area contributed by atoms with Crippen molar-refractivity contribution in [1.82, 2.24) is 0 Å². The first-order chi connectivity index (χ1) is 8.91. The lowest BCUT2D eigenvalue weighted by atomic mass is 9.82. The van der Waals surface area contributed by atoms with Crippen molar-refractivity contribution in [3.63, 3.8) is 0 Å². The van der Waals surface area contributed by atoms with Gasteiger partial charge in [-0.2, -0.15) is 0 Å². The van der Waals surface area contributed by atoms with Gasteiger partial charge in [-0.1, -0.05) is 39.5 Å². The predicted octanol–water partition coefficient (Wildman–Crippen LogP) is 4.10. The molecule has 3 nitrogen and oxygen atoms in total. The molecule has 19 heavy (non-hydrogen) atoms. The number of ether oxygens (including phenoxy) is 1. The van der Waals surface area contributed by atoms with Crippen LogP contribution in [0.2, 0.25) is 0 Å². The molecule has 1 aliphatic carbocycles. The van der Waals surface area contributed by atoms with Crippen LogP contribution in [0.3, 0.4) is 0 Å². The maximum atomic E-state index is 11.5. The van der Waals surface area contributed by atoms with E-state index in [-0.39, 0.29) is 11.2 Å². The lowest BCUT2D eigenvalue weighted by Gasteiger charge is -2.33. The van der Waals surface area contributed by atoms with E-state index in [1.54, 1.807) is 0 Å². The highest BCUT2D eigenvalue weighted by atomic mass is 35.7. The number of rotatable bonds is 9. The van der Waals surface area contributed by atoms with Crippen molar-refractivity contribution in [2.75, 3.05) is 12.4 Å². The van der Waals surface area contributed by atoms with Crippen molar-refractivity contribution in [2.45, 2.75) is 71.3 Å². The molecule has 0 aromatic heterocycles. The maximum absolute atomic E-state index is 11.5. The Kier molecular flexibility index (Phi) is 7.12. The molecule has 1 saturated carbocycles. The molecule has 0 N–H and O–H groups in total. The van der Waals surface area contributed by atoms with Gasteiger partial charge in [0.15, 0.2) is 0 Å². The van der Waals surface area contributed by atoms with Gasteiger partial charge in [0.05, 0.1) is 18.5 Å². The zero-order valence-electron chi connectivity index (χ0n) is 12.2. The minimum Gasteiger partial charge on any atom is -0.378 e. The van der Waals surface area contributed by atoms with Crippen LogP contribution in [-0.4, -0.2) is 26.9 Å². The first kappa shape index (κ1) is 17.3. The zero-order valence-corrected chi connectivity index (χ0v) is 13.7. The van der Waals surface area contributed by atoms with E-state index in [1.807, 2.05) is 0 Å². The smallest absolute Gasteiger partial charge is 0.233 e. The average molecular weight is 311 g/mol. The molecule has 0 bridgehead atoms. The Morgan fingerprint density at radius 3 is 2.11 bits per heavy atom. The van der Waals surface area contributed by atoms with Gasteiger partial charge in [-0.15, -0.1) is 0 Å². The van der Waals surface area contributed by atoms with E-state index in [1.165, 1.54) is 12.8 Å². The molecule has 0 spiro atoms. The minimum atomic E-state index is -3.48. The van der Waals surface area contributed by atoms with Gasteiger partial charge in [0, 0.05) is 16.1 Å². The number of hydrogen-bond acceptors (Lipinski definition) is 3. The van der Waals surface area contributed by atoms with Gasteiger partial charge in [0.1, 0.15) is 0 Å². The fourth-order valence-electron chi connectivity index (χ4n) is 3.23. The molecule has 0 radical (unpaired) electrons. The Balaban J connectivity index is 2.69. The molecule has 114 valence electrons. The summed E-state index contributed by atoms with van der Waals surface area (Å²) >= 11 is 0. The normalized spacial score (nSPS) is 18.1. The minimum absolute atomic E-state index is 0.0377. The van der Waals surface area contributed by atoms with Crippen LogP contribution in [0, 0.1) is 5.41 Å². The van der Waals surface area contributed by atoms with Gasteiger partial charge in [0.25, 0.3) is 0 Å². The van der Waals surface area contributed by atoms with Crippen molar-refractivity contribution < 1.29 is 13.2 Å². The van der Waals surface area contributed by atoms with E-state index in [4.69, 9.17) is 15.4 Å². The third-order valence-corrected chi connectivity index (χ3v) is 5.25. The summed E-state index contributed by atoms with van der Waals surface area (Å²) < 4.78 is 29.0. The monoisotopic (exact) mass is 310 g/mol. The van der Waals surface area contributed by atoms with Gasteiger partial charge in [-0.25, -0.2) is 8.42 Å². The van der Waals surface area contributed by atoms with E-state index >= 15 is 0 Å². The highest BCUT2D eigenvalue weighted by Gasteiger charge is 2.34. The van der Waals surface area contributed by atoms with Crippen LogP contribution in [0.4, 0.5) is 0 Å². The van der Waals surface area contributed by atoms with Crippen molar-refractivity contribution in [3.8, 4) is 0 Å². The molecule has 1 fully saturated rings. The summed E-state index contributed by atoms with van der Waals surface area (Å²) in [6, 6.07) is 0. The summed E-state index contributed by atoms with van der Waals surface area (Å²) in [7, 11) is 2.02. The third kappa shape index (κ3) is 6.46. The predicted molar refractivity (Wildman–Crippen MR) is 80.1 cm³/mol. The molecule has 0 aromatic carbocycles. The molecule has 0 unspecified atom stereocenters. The number of halogens is 1. The van der Waals surface area contributed by atoms with E-state index < -0.39 is 9.05 Å². The number of hydrogen-bond donors (Lipinski definition) is 0. The van der Waals surface area contributed by atoms with Crippen molar-refractivity contribution in [3.05, 3.63) is 0 Å².